The summed E-state index contributed by atoms with van der Waals surface area (Å²) in [6.07, 6.45) is 0.708. The molecule has 1 aromatic heterocycles. The van der Waals surface area contributed by atoms with E-state index in [9.17, 15) is 4.79 Å². The highest BCUT2D eigenvalue weighted by Gasteiger charge is 2.25. The van der Waals surface area contributed by atoms with Gasteiger partial charge in [0.15, 0.2) is 11.5 Å². The Bertz CT molecular complexity index is 728. The first-order chi connectivity index (χ1) is 12.5. The topological polar surface area (TPSA) is 74.0 Å². The minimum Gasteiger partial charge on any atom is -0.493 e. The maximum atomic E-state index is 13.0. The first kappa shape index (κ1) is 19.8. The largest absolute Gasteiger partial charge is 0.493 e. The number of carbonyl (C=O) groups excluding carboxylic acids is 1. The van der Waals surface area contributed by atoms with Crippen molar-refractivity contribution in [3.63, 3.8) is 0 Å². The molecule has 1 atom stereocenters. The van der Waals surface area contributed by atoms with Crippen LogP contribution in [-0.4, -0.2) is 49.9 Å². The molecule has 2 rings (SSSR count). The Morgan fingerprint density at radius 3 is 2.50 bits per heavy atom. The van der Waals surface area contributed by atoms with Crippen molar-refractivity contribution in [1.82, 2.24) is 10.1 Å². The van der Waals surface area contributed by atoms with Gasteiger partial charge >= 0.3 is 0 Å². The zero-order chi connectivity index (χ0) is 19.1. The minimum absolute atomic E-state index is 0.143. The van der Waals surface area contributed by atoms with Crippen molar-refractivity contribution in [2.24, 2.45) is 0 Å². The number of nitrogens with zero attached hydrogens (tertiary/aromatic N) is 2. The summed E-state index contributed by atoms with van der Waals surface area (Å²) in [5, 5.41) is 3.91. The summed E-state index contributed by atoms with van der Waals surface area (Å²) in [6.45, 7) is 4.68. The van der Waals surface area contributed by atoms with Gasteiger partial charge in [0.1, 0.15) is 0 Å². The number of benzene rings is 1. The van der Waals surface area contributed by atoms with Crippen molar-refractivity contribution >= 4 is 5.91 Å². The van der Waals surface area contributed by atoms with E-state index in [0.29, 0.717) is 31.1 Å². The van der Waals surface area contributed by atoms with Crippen LogP contribution in [-0.2, 0) is 17.7 Å². The number of rotatable bonds is 9. The minimum atomic E-state index is -0.225. The lowest BCUT2D eigenvalue weighted by atomic mass is 10.1. The molecule has 0 spiro atoms. The second kappa shape index (κ2) is 9.24. The van der Waals surface area contributed by atoms with Crippen LogP contribution in [0.25, 0.3) is 0 Å². The molecule has 0 fully saturated rings. The first-order valence-corrected chi connectivity index (χ1v) is 8.50. The second-order valence-corrected chi connectivity index (χ2v) is 5.96. The van der Waals surface area contributed by atoms with Gasteiger partial charge in [-0.2, -0.15) is 0 Å². The van der Waals surface area contributed by atoms with E-state index >= 15 is 0 Å². The number of amides is 1. The number of ether oxygens (including phenoxy) is 3. The molecular weight excluding hydrogens is 336 g/mol. The maximum Gasteiger partial charge on any atom is 0.293 e. The second-order valence-electron chi connectivity index (χ2n) is 5.96. The Kier molecular flexibility index (Phi) is 7.03. The lowest BCUT2D eigenvalue weighted by molar-refractivity contribution is 0.0504. The third kappa shape index (κ3) is 4.54. The summed E-state index contributed by atoms with van der Waals surface area (Å²) in [5.41, 5.74) is 1.66. The Hall–Kier alpha value is -2.54. The van der Waals surface area contributed by atoms with Crippen molar-refractivity contribution in [3.05, 3.63) is 41.3 Å². The summed E-state index contributed by atoms with van der Waals surface area (Å²) < 4.78 is 21.1. The van der Waals surface area contributed by atoms with Crippen molar-refractivity contribution in [1.29, 1.82) is 0 Å². The lowest BCUT2D eigenvalue weighted by Gasteiger charge is -2.28. The molecule has 0 saturated carbocycles. The molecule has 0 aliphatic rings. The number of aromatic nitrogens is 1. The summed E-state index contributed by atoms with van der Waals surface area (Å²) in [4.78, 5) is 14.7. The SMILES string of the molecule is CCc1cc(C(=O)N(Cc2ccc(OC)c(OC)c2)[C@@H](C)COC)on1. The van der Waals surface area contributed by atoms with E-state index in [-0.39, 0.29) is 17.7 Å². The molecule has 1 heterocycles. The highest BCUT2D eigenvalue weighted by molar-refractivity contribution is 5.91. The van der Waals surface area contributed by atoms with Gasteiger partial charge in [0.25, 0.3) is 5.91 Å². The molecule has 0 saturated heterocycles. The molecule has 1 amide bonds. The Morgan fingerprint density at radius 2 is 1.92 bits per heavy atom. The summed E-state index contributed by atoms with van der Waals surface area (Å²) >= 11 is 0. The average molecular weight is 362 g/mol. The molecule has 2 aromatic rings. The molecule has 0 bridgehead atoms. The first-order valence-electron chi connectivity index (χ1n) is 8.50. The van der Waals surface area contributed by atoms with Crippen LogP contribution >= 0.6 is 0 Å². The highest BCUT2D eigenvalue weighted by atomic mass is 16.5. The average Bonchev–Trinajstić information content (AvgIpc) is 3.14. The molecule has 26 heavy (non-hydrogen) atoms. The van der Waals surface area contributed by atoms with Gasteiger partial charge in [0, 0.05) is 19.7 Å². The molecule has 0 aliphatic heterocycles. The smallest absolute Gasteiger partial charge is 0.293 e. The fraction of sp³-hybridized carbons (Fsp3) is 0.474. The van der Waals surface area contributed by atoms with Gasteiger partial charge in [-0.25, -0.2) is 0 Å². The predicted molar refractivity (Wildman–Crippen MR) is 96.6 cm³/mol. The molecular formula is C19H26N2O5. The van der Waals surface area contributed by atoms with Crippen LogP contribution in [0.3, 0.4) is 0 Å². The number of hydrogen-bond acceptors (Lipinski definition) is 6. The van der Waals surface area contributed by atoms with E-state index in [1.54, 1.807) is 32.3 Å². The fourth-order valence-electron chi connectivity index (χ4n) is 2.66. The van der Waals surface area contributed by atoms with E-state index in [2.05, 4.69) is 5.16 Å². The Labute approximate surface area is 153 Å². The number of hydrogen-bond donors (Lipinski definition) is 0. The van der Waals surface area contributed by atoms with Crippen LogP contribution < -0.4 is 9.47 Å². The standard InChI is InChI=1S/C19H26N2O5/c1-6-15-10-18(26-20-15)19(22)21(13(2)12-23-3)11-14-7-8-16(24-4)17(9-14)25-5/h7-10,13H,6,11-12H2,1-5H3/t13-/m0/s1. The van der Waals surface area contributed by atoms with Crippen LogP contribution in [0, 0.1) is 0 Å². The van der Waals surface area contributed by atoms with E-state index in [1.165, 1.54) is 0 Å². The van der Waals surface area contributed by atoms with Crippen molar-refractivity contribution in [2.45, 2.75) is 32.9 Å². The van der Waals surface area contributed by atoms with Gasteiger partial charge in [-0.3, -0.25) is 4.79 Å². The monoisotopic (exact) mass is 362 g/mol. The van der Waals surface area contributed by atoms with Gasteiger partial charge in [-0.05, 0) is 31.0 Å². The number of methoxy groups -OCH3 is 3. The lowest BCUT2D eigenvalue weighted by Crippen LogP contribution is -2.40. The van der Waals surface area contributed by atoms with Crippen molar-refractivity contribution in [3.8, 4) is 11.5 Å². The van der Waals surface area contributed by atoms with Crippen LogP contribution in [0.2, 0.25) is 0 Å². The van der Waals surface area contributed by atoms with Crippen LogP contribution in [0.1, 0.15) is 35.7 Å². The zero-order valence-corrected chi connectivity index (χ0v) is 15.9. The summed E-state index contributed by atoms with van der Waals surface area (Å²) in [6, 6.07) is 7.12. The number of carbonyl (C=O) groups is 1. The van der Waals surface area contributed by atoms with Gasteiger partial charge in [-0.15, -0.1) is 0 Å². The Morgan fingerprint density at radius 1 is 1.19 bits per heavy atom. The van der Waals surface area contributed by atoms with E-state index in [4.69, 9.17) is 18.7 Å². The third-order valence-corrected chi connectivity index (χ3v) is 4.13. The Balaban J connectivity index is 2.28. The molecule has 7 nitrogen and oxygen atoms in total. The van der Waals surface area contributed by atoms with Crippen LogP contribution in [0.4, 0.5) is 0 Å². The normalized spacial score (nSPS) is 11.9. The molecule has 142 valence electrons. The highest BCUT2D eigenvalue weighted by Crippen LogP contribution is 2.28. The van der Waals surface area contributed by atoms with Gasteiger partial charge in [0.2, 0.25) is 5.76 Å². The van der Waals surface area contributed by atoms with E-state index < -0.39 is 0 Å². The van der Waals surface area contributed by atoms with Crippen LogP contribution in [0.15, 0.2) is 28.8 Å². The fourth-order valence-corrected chi connectivity index (χ4v) is 2.66. The summed E-state index contributed by atoms with van der Waals surface area (Å²) in [5.74, 6) is 1.26. The third-order valence-electron chi connectivity index (χ3n) is 4.13. The van der Waals surface area contributed by atoms with Crippen LogP contribution in [0.5, 0.6) is 11.5 Å². The van der Waals surface area contributed by atoms with Gasteiger partial charge in [-0.1, -0.05) is 18.1 Å². The molecule has 0 radical (unpaired) electrons. The molecule has 0 aliphatic carbocycles. The van der Waals surface area contributed by atoms with Crippen molar-refractivity contribution in [2.75, 3.05) is 27.9 Å². The molecule has 0 N–H and O–H groups in total. The van der Waals surface area contributed by atoms with Gasteiger partial charge < -0.3 is 23.6 Å². The predicted octanol–water partition coefficient (Wildman–Crippen LogP) is 2.93. The van der Waals surface area contributed by atoms with Crippen molar-refractivity contribution < 1.29 is 23.5 Å². The summed E-state index contributed by atoms with van der Waals surface area (Å²) in [7, 11) is 4.78. The quantitative estimate of drug-likeness (QED) is 0.683. The van der Waals surface area contributed by atoms with Gasteiger partial charge in [0.05, 0.1) is 32.6 Å². The number of aryl methyl sites for hydroxylation is 1. The maximum absolute atomic E-state index is 13.0. The molecule has 0 unspecified atom stereocenters. The molecule has 7 heteroatoms. The van der Waals surface area contributed by atoms with E-state index in [1.807, 2.05) is 32.0 Å². The van der Waals surface area contributed by atoms with E-state index in [0.717, 1.165) is 11.3 Å². The zero-order valence-electron chi connectivity index (χ0n) is 15.9. The molecule has 1 aromatic carbocycles.